The summed E-state index contributed by atoms with van der Waals surface area (Å²) in [6.45, 7) is 6.02. The van der Waals surface area contributed by atoms with Crippen molar-refractivity contribution in [3.05, 3.63) is 63.4 Å². The average Bonchev–Trinajstić information content (AvgIpc) is 3.37. The molecule has 1 saturated carbocycles. The van der Waals surface area contributed by atoms with Crippen LogP contribution >= 0.6 is 11.6 Å². The molecule has 0 aromatic heterocycles. The van der Waals surface area contributed by atoms with Gasteiger partial charge in [-0.05, 0) is 72.9 Å². The molecular formula is C21H23ClFNO. The first-order valence-corrected chi connectivity index (χ1v) is 9.07. The van der Waals surface area contributed by atoms with E-state index in [2.05, 4.69) is 13.8 Å². The molecule has 0 amide bonds. The number of hydrogen-bond acceptors (Lipinski definition) is 2. The number of anilines is 1. The second kappa shape index (κ2) is 6.80. The summed E-state index contributed by atoms with van der Waals surface area (Å²) >= 11 is 6.21. The first-order chi connectivity index (χ1) is 11.8. The Kier molecular flexibility index (Phi) is 4.88. The van der Waals surface area contributed by atoms with E-state index in [1.54, 1.807) is 30.3 Å². The number of rotatable bonds is 5. The maximum Gasteiger partial charge on any atom is 0.197 e. The zero-order valence-electron chi connectivity index (χ0n) is 14.8. The van der Waals surface area contributed by atoms with Crippen LogP contribution in [0.15, 0.2) is 30.3 Å². The van der Waals surface area contributed by atoms with Gasteiger partial charge in [0.2, 0.25) is 0 Å². The van der Waals surface area contributed by atoms with E-state index in [0.717, 1.165) is 18.4 Å². The van der Waals surface area contributed by atoms with E-state index in [9.17, 15) is 4.79 Å². The van der Waals surface area contributed by atoms with Gasteiger partial charge in [0, 0.05) is 11.3 Å². The topological polar surface area (TPSA) is 43.1 Å². The minimum atomic E-state index is -0.474. The maximum atomic E-state index is 15.3. The first-order valence-electron chi connectivity index (χ1n) is 8.70. The minimum absolute atomic E-state index is 0.0327. The summed E-state index contributed by atoms with van der Waals surface area (Å²) in [4.78, 5) is 12.9. The second-order valence-electron chi connectivity index (χ2n) is 7.33. The molecule has 1 aliphatic carbocycles. The SMILES string of the molecule is Cc1cc(C(=O)c2c(Cl)ccc(C(C(C)C)C3CC3)c2F)ccc1N. The number of carbonyl (C=O) groups excluding carboxylic acids is 1. The molecule has 2 aromatic carbocycles. The Hall–Kier alpha value is -1.87. The Morgan fingerprint density at radius 1 is 1.24 bits per heavy atom. The number of hydrogen-bond donors (Lipinski definition) is 1. The van der Waals surface area contributed by atoms with Crippen molar-refractivity contribution in [2.75, 3.05) is 5.73 Å². The summed E-state index contributed by atoms with van der Waals surface area (Å²) in [7, 11) is 0. The highest BCUT2D eigenvalue weighted by molar-refractivity contribution is 6.35. The van der Waals surface area contributed by atoms with E-state index in [1.807, 2.05) is 6.92 Å². The van der Waals surface area contributed by atoms with Gasteiger partial charge < -0.3 is 5.73 Å². The van der Waals surface area contributed by atoms with Gasteiger partial charge >= 0.3 is 0 Å². The third-order valence-corrected chi connectivity index (χ3v) is 5.40. The maximum absolute atomic E-state index is 15.3. The molecule has 2 nitrogen and oxygen atoms in total. The predicted octanol–water partition coefficient (Wildman–Crippen LogP) is 5.75. The number of halogens is 2. The van der Waals surface area contributed by atoms with Crippen molar-refractivity contribution in [3.63, 3.8) is 0 Å². The summed E-state index contributed by atoms with van der Waals surface area (Å²) in [5.74, 6) is 0.0580. The van der Waals surface area contributed by atoms with Crippen LogP contribution in [0.25, 0.3) is 0 Å². The van der Waals surface area contributed by atoms with Gasteiger partial charge in [0.25, 0.3) is 0 Å². The molecule has 3 rings (SSSR count). The quantitative estimate of drug-likeness (QED) is 0.545. The normalized spacial score (nSPS) is 15.4. The van der Waals surface area contributed by atoms with Crippen LogP contribution in [0.3, 0.4) is 0 Å². The van der Waals surface area contributed by atoms with Gasteiger partial charge in [-0.2, -0.15) is 0 Å². The van der Waals surface area contributed by atoms with Crippen molar-refractivity contribution in [2.24, 2.45) is 11.8 Å². The average molecular weight is 360 g/mol. The van der Waals surface area contributed by atoms with Crippen molar-refractivity contribution in [1.29, 1.82) is 0 Å². The number of aryl methyl sites for hydroxylation is 1. The van der Waals surface area contributed by atoms with E-state index in [0.29, 0.717) is 28.7 Å². The molecule has 0 saturated heterocycles. The van der Waals surface area contributed by atoms with E-state index in [4.69, 9.17) is 17.3 Å². The fourth-order valence-corrected chi connectivity index (χ4v) is 3.84. The van der Waals surface area contributed by atoms with Gasteiger partial charge in [-0.1, -0.05) is 31.5 Å². The van der Waals surface area contributed by atoms with Crippen LogP contribution in [0.1, 0.15) is 59.7 Å². The highest BCUT2D eigenvalue weighted by atomic mass is 35.5. The van der Waals surface area contributed by atoms with Gasteiger partial charge in [-0.25, -0.2) is 4.39 Å². The summed E-state index contributed by atoms with van der Waals surface area (Å²) < 4.78 is 15.3. The zero-order chi connectivity index (χ0) is 18.3. The van der Waals surface area contributed by atoms with Crippen LogP contribution in [0.4, 0.5) is 10.1 Å². The molecular weight excluding hydrogens is 337 g/mol. The fourth-order valence-electron chi connectivity index (χ4n) is 3.61. The van der Waals surface area contributed by atoms with Crippen LogP contribution in [0, 0.1) is 24.6 Å². The van der Waals surface area contributed by atoms with E-state index < -0.39 is 11.6 Å². The van der Waals surface area contributed by atoms with Crippen molar-refractivity contribution in [3.8, 4) is 0 Å². The molecule has 0 bridgehead atoms. The van der Waals surface area contributed by atoms with E-state index >= 15 is 4.39 Å². The number of nitrogen functional groups attached to an aromatic ring is 1. The highest BCUT2D eigenvalue weighted by Crippen LogP contribution is 2.48. The van der Waals surface area contributed by atoms with Gasteiger partial charge in [0.1, 0.15) is 5.82 Å². The van der Waals surface area contributed by atoms with Crippen molar-refractivity contribution in [2.45, 2.75) is 39.5 Å². The molecule has 1 aliphatic rings. The summed E-state index contributed by atoms with van der Waals surface area (Å²) in [5.41, 5.74) is 8.18. The van der Waals surface area contributed by atoms with Crippen LogP contribution in [0.2, 0.25) is 5.02 Å². The highest BCUT2D eigenvalue weighted by Gasteiger charge is 2.37. The zero-order valence-corrected chi connectivity index (χ0v) is 15.5. The molecule has 2 aromatic rings. The van der Waals surface area contributed by atoms with Crippen LogP contribution in [-0.2, 0) is 0 Å². The smallest absolute Gasteiger partial charge is 0.197 e. The molecule has 0 radical (unpaired) electrons. The lowest BCUT2D eigenvalue weighted by Gasteiger charge is -2.23. The lowest BCUT2D eigenvalue weighted by molar-refractivity contribution is 0.103. The lowest BCUT2D eigenvalue weighted by Crippen LogP contribution is -2.15. The van der Waals surface area contributed by atoms with Crippen molar-refractivity contribution >= 4 is 23.1 Å². The standard InChI is InChI=1S/C21H23ClFNO/c1-11(2)18(13-4-5-13)15-7-8-16(22)19(20(15)23)21(25)14-6-9-17(24)12(3)10-14/h6-11,13,18H,4-5,24H2,1-3H3. The Labute approximate surface area is 153 Å². The second-order valence-corrected chi connectivity index (χ2v) is 7.74. The van der Waals surface area contributed by atoms with E-state index in [1.165, 1.54) is 0 Å². The fraction of sp³-hybridized carbons (Fsp3) is 0.381. The van der Waals surface area contributed by atoms with Gasteiger partial charge in [-0.3, -0.25) is 4.79 Å². The van der Waals surface area contributed by atoms with Gasteiger partial charge in [0.15, 0.2) is 5.78 Å². The molecule has 0 spiro atoms. The Morgan fingerprint density at radius 2 is 1.92 bits per heavy atom. The van der Waals surface area contributed by atoms with Crippen molar-refractivity contribution < 1.29 is 9.18 Å². The molecule has 2 N–H and O–H groups in total. The first kappa shape index (κ1) is 17.9. The molecule has 0 heterocycles. The minimum Gasteiger partial charge on any atom is -0.399 e. The summed E-state index contributed by atoms with van der Waals surface area (Å²) in [6, 6.07) is 8.36. The molecule has 0 aliphatic heterocycles. The number of benzene rings is 2. The Morgan fingerprint density at radius 3 is 2.48 bits per heavy atom. The lowest BCUT2D eigenvalue weighted by atomic mass is 9.83. The van der Waals surface area contributed by atoms with E-state index in [-0.39, 0.29) is 16.5 Å². The molecule has 132 valence electrons. The summed E-state index contributed by atoms with van der Waals surface area (Å²) in [5, 5.41) is 0.152. The molecule has 25 heavy (non-hydrogen) atoms. The molecule has 4 heteroatoms. The van der Waals surface area contributed by atoms with Crippen LogP contribution in [-0.4, -0.2) is 5.78 Å². The molecule has 1 atom stereocenters. The number of ketones is 1. The molecule has 1 fully saturated rings. The van der Waals surface area contributed by atoms with Crippen LogP contribution < -0.4 is 5.73 Å². The summed E-state index contributed by atoms with van der Waals surface area (Å²) in [6.07, 6.45) is 2.23. The van der Waals surface area contributed by atoms with Crippen LogP contribution in [0.5, 0.6) is 0 Å². The monoisotopic (exact) mass is 359 g/mol. The van der Waals surface area contributed by atoms with Gasteiger partial charge in [0.05, 0.1) is 10.6 Å². The number of carbonyl (C=O) groups is 1. The largest absolute Gasteiger partial charge is 0.399 e. The third kappa shape index (κ3) is 3.43. The Balaban J connectivity index is 2.07. The molecule has 1 unspecified atom stereocenters. The predicted molar refractivity (Wildman–Crippen MR) is 101 cm³/mol. The third-order valence-electron chi connectivity index (χ3n) is 5.09. The van der Waals surface area contributed by atoms with Crippen molar-refractivity contribution in [1.82, 2.24) is 0 Å². The van der Waals surface area contributed by atoms with Gasteiger partial charge in [-0.15, -0.1) is 0 Å². The Bertz CT molecular complexity index is 825. The number of nitrogens with two attached hydrogens (primary N) is 1.